The zero-order valence-corrected chi connectivity index (χ0v) is 16.1. The van der Waals surface area contributed by atoms with Crippen LogP contribution in [0.25, 0.3) is 0 Å². The van der Waals surface area contributed by atoms with Crippen molar-refractivity contribution in [3.63, 3.8) is 0 Å². The standard InChI is InChI=1S/C21H36N2O2/c1-19-9-17-10-20(2,13-19)15-21(11-17,14-19)18(25)22-5-8-23-6-3-16(12-24)4-7-23/h16-17,24H,3-15H2,1-2H3,(H,22,25)/t17?,19-,20+,21?. The zero-order valence-electron chi connectivity index (χ0n) is 16.1. The zero-order chi connectivity index (χ0) is 17.7. The van der Waals surface area contributed by atoms with Crippen LogP contribution < -0.4 is 5.32 Å². The largest absolute Gasteiger partial charge is 0.396 e. The highest BCUT2D eigenvalue weighted by Crippen LogP contribution is 2.69. The summed E-state index contributed by atoms with van der Waals surface area (Å²) in [6.07, 6.45) is 9.55. The summed E-state index contributed by atoms with van der Waals surface area (Å²) in [7, 11) is 0. The van der Waals surface area contributed by atoms with E-state index in [9.17, 15) is 9.90 Å². The number of carbonyl (C=O) groups excluding carboxylic acids is 1. The van der Waals surface area contributed by atoms with Crippen LogP contribution >= 0.6 is 0 Å². The van der Waals surface area contributed by atoms with Gasteiger partial charge in [0.1, 0.15) is 0 Å². The Balaban J connectivity index is 1.31. The number of rotatable bonds is 5. The molecule has 0 radical (unpaired) electrons. The fraction of sp³-hybridized carbons (Fsp3) is 0.952. The maximum atomic E-state index is 13.2. The Morgan fingerprint density at radius 1 is 1.08 bits per heavy atom. The van der Waals surface area contributed by atoms with Gasteiger partial charge in [0.05, 0.1) is 5.41 Å². The lowest BCUT2D eigenvalue weighted by molar-refractivity contribution is -0.170. The summed E-state index contributed by atoms with van der Waals surface area (Å²) in [5.41, 5.74) is 0.724. The number of nitrogens with one attached hydrogen (secondary N) is 1. The van der Waals surface area contributed by atoms with Crippen LogP contribution in [0.1, 0.15) is 65.2 Å². The Labute approximate surface area is 152 Å². The normalized spacial score (nSPS) is 44.2. The van der Waals surface area contributed by atoms with E-state index in [1.54, 1.807) is 0 Å². The van der Waals surface area contributed by atoms with Crippen molar-refractivity contribution in [2.45, 2.75) is 65.2 Å². The van der Waals surface area contributed by atoms with Gasteiger partial charge in [-0.3, -0.25) is 4.79 Å². The lowest BCUT2D eigenvalue weighted by Crippen LogP contribution is -2.60. The van der Waals surface area contributed by atoms with Crippen molar-refractivity contribution in [3.05, 3.63) is 0 Å². The number of aliphatic hydroxyl groups is 1. The van der Waals surface area contributed by atoms with Crippen LogP contribution in [0.4, 0.5) is 0 Å². The summed E-state index contributed by atoms with van der Waals surface area (Å²) in [5.74, 6) is 1.60. The molecular weight excluding hydrogens is 312 g/mol. The first kappa shape index (κ1) is 17.8. The Hall–Kier alpha value is -0.610. The molecule has 4 aliphatic carbocycles. The molecule has 4 nitrogen and oxygen atoms in total. The van der Waals surface area contributed by atoms with Crippen molar-refractivity contribution in [2.75, 3.05) is 32.8 Å². The molecule has 1 aliphatic heterocycles. The van der Waals surface area contributed by atoms with Gasteiger partial charge in [0, 0.05) is 19.7 Å². The van der Waals surface area contributed by atoms with E-state index in [1.165, 1.54) is 19.3 Å². The van der Waals surface area contributed by atoms with Crippen LogP contribution in [-0.2, 0) is 4.79 Å². The first-order valence-electron chi connectivity index (χ1n) is 10.5. The van der Waals surface area contributed by atoms with Crippen molar-refractivity contribution in [3.8, 4) is 0 Å². The number of hydrogen-bond donors (Lipinski definition) is 2. The van der Waals surface area contributed by atoms with Gasteiger partial charge < -0.3 is 15.3 Å². The maximum absolute atomic E-state index is 13.2. The monoisotopic (exact) mass is 348 g/mol. The molecule has 1 heterocycles. The number of piperidine rings is 1. The van der Waals surface area contributed by atoms with Gasteiger partial charge in [-0.25, -0.2) is 0 Å². The molecule has 142 valence electrons. The van der Waals surface area contributed by atoms with E-state index < -0.39 is 0 Å². The van der Waals surface area contributed by atoms with E-state index in [-0.39, 0.29) is 5.41 Å². The minimum Gasteiger partial charge on any atom is -0.396 e. The molecule has 4 heteroatoms. The predicted octanol–water partition coefficient (Wildman–Crippen LogP) is 2.80. The quantitative estimate of drug-likeness (QED) is 0.803. The van der Waals surface area contributed by atoms with E-state index in [0.29, 0.717) is 29.3 Å². The minimum absolute atomic E-state index is 0.0766. The highest BCUT2D eigenvalue weighted by molar-refractivity contribution is 5.83. The van der Waals surface area contributed by atoms with Crippen LogP contribution in [0.5, 0.6) is 0 Å². The average Bonchev–Trinajstić information content (AvgIpc) is 2.52. The molecule has 5 aliphatic rings. The highest BCUT2D eigenvalue weighted by Gasteiger charge is 2.62. The number of carbonyl (C=O) groups is 1. The van der Waals surface area contributed by atoms with E-state index in [4.69, 9.17) is 0 Å². The summed E-state index contributed by atoms with van der Waals surface area (Å²) in [6, 6.07) is 0. The van der Waals surface area contributed by atoms with Crippen molar-refractivity contribution in [1.82, 2.24) is 10.2 Å². The molecule has 0 aromatic carbocycles. The molecule has 0 aromatic rings. The van der Waals surface area contributed by atoms with Crippen molar-refractivity contribution in [1.29, 1.82) is 0 Å². The fourth-order valence-electron chi connectivity index (χ4n) is 7.61. The Morgan fingerprint density at radius 2 is 1.72 bits per heavy atom. The molecule has 5 fully saturated rings. The second-order valence-corrected chi connectivity index (χ2v) is 10.6. The molecule has 4 saturated carbocycles. The molecular formula is C21H36N2O2. The summed E-state index contributed by atoms with van der Waals surface area (Å²) in [6.45, 7) is 9.05. The predicted molar refractivity (Wildman–Crippen MR) is 99.1 cm³/mol. The van der Waals surface area contributed by atoms with Gasteiger partial charge in [0.25, 0.3) is 0 Å². The molecule has 4 atom stereocenters. The van der Waals surface area contributed by atoms with Gasteiger partial charge in [-0.2, -0.15) is 0 Å². The van der Waals surface area contributed by atoms with Crippen molar-refractivity contribution >= 4 is 5.91 Å². The molecule has 0 aromatic heterocycles. The van der Waals surface area contributed by atoms with E-state index >= 15 is 0 Å². The van der Waals surface area contributed by atoms with Gasteiger partial charge in [-0.15, -0.1) is 0 Å². The van der Waals surface area contributed by atoms with Crippen LogP contribution in [0.2, 0.25) is 0 Å². The Bertz CT molecular complexity index is 508. The van der Waals surface area contributed by atoms with Gasteiger partial charge >= 0.3 is 0 Å². The first-order valence-corrected chi connectivity index (χ1v) is 10.5. The maximum Gasteiger partial charge on any atom is 0.226 e. The van der Waals surface area contributed by atoms with Gasteiger partial charge in [-0.1, -0.05) is 13.8 Å². The third-order valence-corrected chi connectivity index (χ3v) is 7.79. The molecule has 5 rings (SSSR count). The van der Waals surface area contributed by atoms with E-state index in [1.807, 2.05) is 0 Å². The smallest absolute Gasteiger partial charge is 0.226 e. The number of nitrogens with zero attached hydrogens (tertiary/aromatic N) is 1. The van der Waals surface area contributed by atoms with Gasteiger partial charge in [-0.05, 0) is 87.1 Å². The second kappa shape index (κ2) is 6.23. The lowest BCUT2D eigenvalue weighted by Gasteiger charge is -2.64. The average molecular weight is 349 g/mol. The lowest BCUT2D eigenvalue weighted by atomic mass is 9.40. The molecule has 1 amide bonds. The Kier molecular flexibility index (Phi) is 4.43. The molecule has 2 N–H and O–H groups in total. The fourth-order valence-corrected chi connectivity index (χ4v) is 7.61. The molecule has 0 spiro atoms. The number of aliphatic hydroxyl groups excluding tert-OH is 1. The van der Waals surface area contributed by atoms with E-state index in [2.05, 4.69) is 24.1 Å². The van der Waals surface area contributed by atoms with Crippen LogP contribution in [0, 0.1) is 28.1 Å². The third kappa shape index (κ3) is 3.37. The van der Waals surface area contributed by atoms with Crippen LogP contribution in [-0.4, -0.2) is 48.7 Å². The highest BCUT2D eigenvalue weighted by atomic mass is 16.3. The number of amides is 1. The van der Waals surface area contributed by atoms with Gasteiger partial charge in [0.15, 0.2) is 0 Å². The van der Waals surface area contributed by atoms with E-state index in [0.717, 1.165) is 64.2 Å². The van der Waals surface area contributed by atoms with Gasteiger partial charge in [0.2, 0.25) is 5.91 Å². The van der Waals surface area contributed by atoms with Crippen LogP contribution in [0.15, 0.2) is 0 Å². The molecule has 2 unspecified atom stereocenters. The summed E-state index contributed by atoms with van der Waals surface area (Å²) in [5, 5.41) is 12.6. The number of hydrogen-bond acceptors (Lipinski definition) is 3. The first-order chi connectivity index (χ1) is 11.8. The second-order valence-electron chi connectivity index (χ2n) is 10.6. The summed E-state index contributed by atoms with van der Waals surface area (Å²) >= 11 is 0. The molecule has 4 bridgehead atoms. The summed E-state index contributed by atoms with van der Waals surface area (Å²) < 4.78 is 0. The number of likely N-dealkylation sites (tertiary alicyclic amines) is 1. The third-order valence-electron chi connectivity index (χ3n) is 7.79. The SMILES string of the molecule is C[C@]12CC3CC(C(=O)NCCN4CCC(CO)CC4)(C1)C[C@@](C)(C3)C2. The van der Waals surface area contributed by atoms with Crippen molar-refractivity contribution < 1.29 is 9.90 Å². The van der Waals surface area contributed by atoms with Crippen molar-refractivity contribution in [2.24, 2.45) is 28.1 Å². The molecule has 1 saturated heterocycles. The minimum atomic E-state index is -0.0766. The Morgan fingerprint density at radius 3 is 2.28 bits per heavy atom. The summed E-state index contributed by atoms with van der Waals surface area (Å²) in [4.78, 5) is 15.6. The molecule has 25 heavy (non-hydrogen) atoms. The van der Waals surface area contributed by atoms with Crippen LogP contribution in [0.3, 0.4) is 0 Å². The topological polar surface area (TPSA) is 52.6 Å².